The molecule has 1 heterocycles. The minimum atomic E-state index is -4.10. The molecular formula is C16H13ClFN3O4S. The number of rotatable bonds is 4. The fourth-order valence-electron chi connectivity index (χ4n) is 2.52. The van der Waals surface area contributed by atoms with E-state index in [2.05, 4.69) is 15.4 Å². The molecule has 2 amide bonds. The molecule has 1 aliphatic rings. The Morgan fingerprint density at radius 1 is 1.27 bits per heavy atom. The molecule has 3 rings (SSSR count). The van der Waals surface area contributed by atoms with Crippen molar-refractivity contribution in [1.82, 2.24) is 0 Å². The van der Waals surface area contributed by atoms with Crippen LogP contribution in [0.25, 0.3) is 0 Å². The van der Waals surface area contributed by atoms with E-state index in [1.165, 1.54) is 25.1 Å². The Balaban J connectivity index is 1.94. The van der Waals surface area contributed by atoms with Crippen molar-refractivity contribution >= 4 is 50.5 Å². The van der Waals surface area contributed by atoms with Crippen LogP contribution in [0.2, 0.25) is 5.02 Å². The summed E-state index contributed by atoms with van der Waals surface area (Å²) in [6, 6.07) is 6.07. The highest BCUT2D eigenvalue weighted by molar-refractivity contribution is 7.92. The summed E-state index contributed by atoms with van der Waals surface area (Å²) in [7, 11) is -4.10. The van der Waals surface area contributed by atoms with Crippen molar-refractivity contribution in [3.63, 3.8) is 0 Å². The number of benzene rings is 2. The van der Waals surface area contributed by atoms with Gasteiger partial charge in [0.1, 0.15) is 10.7 Å². The first kappa shape index (κ1) is 18.2. The van der Waals surface area contributed by atoms with E-state index < -0.39 is 21.7 Å². The molecule has 0 fully saturated rings. The highest BCUT2D eigenvalue weighted by atomic mass is 35.5. The summed E-state index contributed by atoms with van der Waals surface area (Å²) < 4.78 is 41.2. The number of halogens is 2. The third-order valence-electron chi connectivity index (χ3n) is 3.60. The maximum atomic E-state index is 13.7. The van der Waals surface area contributed by atoms with Crippen LogP contribution in [0.4, 0.5) is 21.5 Å². The number of amides is 2. The molecule has 2 aromatic rings. The number of fused-ring (bicyclic) bond motifs is 1. The van der Waals surface area contributed by atoms with Gasteiger partial charge in [-0.25, -0.2) is 12.8 Å². The average molecular weight is 398 g/mol. The number of hydrogen-bond donors (Lipinski definition) is 3. The summed E-state index contributed by atoms with van der Waals surface area (Å²) in [5.41, 5.74) is 0.861. The van der Waals surface area contributed by atoms with Gasteiger partial charge in [-0.2, -0.15) is 0 Å². The number of sulfonamides is 1. The fourth-order valence-corrected chi connectivity index (χ4v) is 4.14. The first-order chi connectivity index (χ1) is 12.2. The first-order valence-corrected chi connectivity index (χ1v) is 9.24. The van der Waals surface area contributed by atoms with Crippen molar-refractivity contribution in [2.75, 3.05) is 15.4 Å². The summed E-state index contributed by atoms with van der Waals surface area (Å²) in [5.74, 6) is -1.46. The van der Waals surface area contributed by atoms with Crippen molar-refractivity contribution in [3.8, 4) is 0 Å². The van der Waals surface area contributed by atoms with Crippen LogP contribution in [-0.4, -0.2) is 20.2 Å². The van der Waals surface area contributed by atoms with Gasteiger partial charge >= 0.3 is 0 Å². The Bertz CT molecular complexity index is 1040. The summed E-state index contributed by atoms with van der Waals surface area (Å²) in [6.07, 6.45) is 0.0538. The van der Waals surface area contributed by atoms with Crippen molar-refractivity contribution in [2.45, 2.75) is 18.2 Å². The SMILES string of the molecule is CC(=O)Nc1cc(NS(=O)(=O)c2cc3c(cc2Cl)NC(=O)C3)ccc1F. The molecule has 1 aliphatic heterocycles. The predicted molar refractivity (Wildman–Crippen MR) is 95.3 cm³/mol. The molecule has 0 saturated heterocycles. The maximum Gasteiger partial charge on any atom is 0.263 e. The number of nitrogens with one attached hydrogen (secondary N) is 3. The zero-order valence-electron chi connectivity index (χ0n) is 13.4. The number of carbonyl (C=O) groups is 2. The summed E-state index contributed by atoms with van der Waals surface area (Å²) in [5, 5.41) is 4.78. The molecule has 7 nitrogen and oxygen atoms in total. The topological polar surface area (TPSA) is 104 Å². The Hall–Kier alpha value is -2.65. The van der Waals surface area contributed by atoms with Gasteiger partial charge in [-0.15, -0.1) is 0 Å². The van der Waals surface area contributed by atoms with Gasteiger partial charge in [0.2, 0.25) is 11.8 Å². The van der Waals surface area contributed by atoms with Crippen molar-refractivity contribution in [2.24, 2.45) is 0 Å². The predicted octanol–water partition coefficient (Wildman–Crippen LogP) is 2.73. The standard InChI is InChI=1S/C16H13ClFN3O4S/c1-8(22)19-14-6-10(2-3-12(14)18)21-26(24,25)15-4-9-5-16(23)20-13(9)7-11(15)17/h2-4,6-7,21H,5H2,1H3,(H,19,22)(H,20,23). The van der Waals surface area contributed by atoms with Crippen molar-refractivity contribution in [3.05, 3.63) is 46.7 Å². The van der Waals surface area contributed by atoms with Crippen LogP contribution in [0.15, 0.2) is 35.2 Å². The molecule has 26 heavy (non-hydrogen) atoms. The van der Waals surface area contributed by atoms with E-state index in [1.54, 1.807) is 0 Å². The average Bonchev–Trinajstić information content (AvgIpc) is 2.88. The normalized spacial score (nSPS) is 13.1. The second-order valence-electron chi connectivity index (χ2n) is 5.65. The Labute approximate surface area is 153 Å². The van der Waals surface area contributed by atoms with Crippen LogP contribution < -0.4 is 15.4 Å². The van der Waals surface area contributed by atoms with Gasteiger partial charge in [0, 0.05) is 12.6 Å². The minimum Gasteiger partial charge on any atom is -0.325 e. The molecule has 136 valence electrons. The van der Waals surface area contributed by atoms with Gasteiger partial charge < -0.3 is 10.6 Å². The van der Waals surface area contributed by atoms with E-state index >= 15 is 0 Å². The Morgan fingerprint density at radius 2 is 2.00 bits per heavy atom. The molecule has 0 unspecified atom stereocenters. The summed E-state index contributed by atoms with van der Waals surface area (Å²) in [6.45, 7) is 1.20. The van der Waals surface area contributed by atoms with Gasteiger partial charge in [-0.1, -0.05) is 11.6 Å². The monoisotopic (exact) mass is 397 g/mol. The van der Waals surface area contributed by atoms with Crippen LogP contribution in [-0.2, 0) is 26.0 Å². The minimum absolute atomic E-state index is 0.0425. The van der Waals surface area contributed by atoms with Crippen LogP contribution in [0.3, 0.4) is 0 Å². The van der Waals surface area contributed by atoms with E-state index in [9.17, 15) is 22.4 Å². The molecule has 0 atom stereocenters. The Kier molecular flexibility index (Phi) is 4.59. The lowest BCUT2D eigenvalue weighted by molar-refractivity contribution is -0.115. The van der Waals surface area contributed by atoms with Crippen LogP contribution in [0, 0.1) is 5.82 Å². The zero-order chi connectivity index (χ0) is 19.1. The molecule has 10 heteroatoms. The molecule has 2 aromatic carbocycles. The summed E-state index contributed by atoms with van der Waals surface area (Å²) >= 11 is 6.04. The van der Waals surface area contributed by atoms with Gasteiger partial charge in [0.15, 0.2) is 0 Å². The van der Waals surface area contributed by atoms with Gasteiger partial charge in [0.05, 0.1) is 22.8 Å². The van der Waals surface area contributed by atoms with Gasteiger partial charge in [-0.3, -0.25) is 14.3 Å². The smallest absolute Gasteiger partial charge is 0.263 e. The number of anilines is 3. The lowest BCUT2D eigenvalue weighted by Crippen LogP contribution is -2.15. The lowest BCUT2D eigenvalue weighted by Gasteiger charge is -2.12. The third kappa shape index (κ3) is 3.63. The van der Waals surface area contributed by atoms with Crippen LogP contribution >= 0.6 is 11.6 Å². The highest BCUT2D eigenvalue weighted by Gasteiger charge is 2.25. The molecule has 0 saturated carbocycles. The zero-order valence-corrected chi connectivity index (χ0v) is 15.0. The van der Waals surface area contributed by atoms with Gasteiger partial charge in [0.25, 0.3) is 10.0 Å². The third-order valence-corrected chi connectivity index (χ3v) is 5.45. The quantitative estimate of drug-likeness (QED) is 0.737. The van der Waals surface area contributed by atoms with E-state index in [-0.39, 0.29) is 33.6 Å². The second kappa shape index (κ2) is 6.58. The largest absolute Gasteiger partial charge is 0.325 e. The first-order valence-electron chi connectivity index (χ1n) is 7.38. The van der Waals surface area contributed by atoms with E-state index in [1.807, 2.05) is 0 Å². The van der Waals surface area contributed by atoms with Crippen molar-refractivity contribution in [1.29, 1.82) is 0 Å². The molecule has 0 bridgehead atoms. The van der Waals surface area contributed by atoms with E-state index in [0.717, 1.165) is 12.1 Å². The molecule has 0 aromatic heterocycles. The highest BCUT2D eigenvalue weighted by Crippen LogP contribution is 2.33. The van der Waals surface area contributed by atoms with Gasteiger partial charge in [-0.05, 0) is 35.9 Å². The molecule has 0 radical (unpaired) electrons. The van der Waals surface area contributed by atoms with Crippen LogP contribution in [0.1, 0.15) is 12.5 Å². The molecule has 0 spiro atoms. The second-order valence-corrected chi connectivity index (χ2v) is 7.70. The number of carbonyl (C=O) groups excluding carboxylic acids is 2. The Morgan fingerprint density at radius 3 is 2.69 bits per heavy atom. The summed E-state index contributed by atoms with van der Waals surface area (Å²) in [4.78, 5) is 22.3. The maximum absolute atomic E-state index is 13.7. The van der Waals surface area contributed by atoms with E-state index in [4.69, 9.17) is 11.6 Å². The fraction of sp³-hybridized carbons (Fsp3) is 0.125. The van der Waals surface area contributed by atoms with E-state index in [0.29, 0.717) is 11.3 Å². The molecule has 0 aliphatic carbocycles. The van der Waals surface area contributed by atoms with Crippen LogP contribution in [0.5, 0.6) is 0 Å². The molecule has 3 N–H and O–H groups in total. The number of hydrogen-bond acceptors (Lipinski definition) is 4. The lowest BCUT2D eigenvalue weighted by atomic mass is 10.2. The van der Waals surface area contributed by atoms with Crippen molar-refractivity contribution < 1.29 is 22.4 Å². The molecular weight excluding hydrogens is 385 g/mol.